The molecule has 2 N–H and O–H groups in total. The maximum absolute atomic E-state index is 9.13. The van der Waals surface area contributed by atoms with Gasteiger partial charge < -0.3 is 10.4 Å². The Morgan fingerprint density at radius 1 is 1.45 bits per heavy atom. The molecule has 1 aromatic rings. The molecule has 1 atom stereocenters. The van der Waals surface area contributed by atoms with Crippen LogP contribution in [0.3, 0.4) is 0 Å². The first-order valence-electron chi connectivity index (χ1n) is 7.60. The molecule has 1 aliphatic carbocycles. The van der Waals surface area contributed by atoms with E-state index in [0.29, 0.717) is 12.1 Å². The molecule has 0 amide bonds. The molecule has 1 heterocycles. The first kappa shape index (κ1) is 15.7. The lowest BCUT2D eigenvalue weighted by Crippen LogP contribution is -2.33. The predicted molar refractivity (Wildman–Crippen MR) is 79.8 cm³/mol. The molecule has 0 spiro atoms. The number of hydrogen-bond donors (Lipinski definition) is 2. The van der Waals surface area contributed by atoms with E-state index in [4.69, 9.17) is 5.11 Å². The van der Waals surface area contributed by atoms with Gasteiger partial charge in [0.15, 0.2) is 0 Å². The van der Waals surface area contributed by atoms with Crippen molar-refractivity contribution in [3.8, 4) is 0 Å². The second kappa shape index (κ2) is 8.59. The minimum Gasteiger partial charge on any atom is -0.396 e. The highest BCUT2D eigenvalue weighted by Crippen LogP contribution is 2.31. The van der Waals surface area contributed by atoms with Gasteiger partial charge in [-0.3, -0.25) is 0 Å². The Hall–Kier alpha value is -0.660. The SMILES string of the molecule is CCCNC(CCO)CSc1nnnn1C1CCCC1. The van der Waals surface area contributed by atoms with Crippen LogP contribution >= 0.6 is 11.8 Å². The molecule has 1 saturated carbocycles. The van der Waals surface area contributed by atoms with E-state index < -0.39 is 0 Å². The van der Waals surface area contributed by atoms with E-state index >= 15 is 0 Å². The van der Waals surface area contributed by atoms with Gasteiger partial charge in [0.1, 0.15) is 0 Å². The molecule has 0 radical (unpaired) electrons. The molecule has 0 aliphatic heterocycles. The van der Waals surface area contributed by atoms with Crippen molar-refractivity contribution in [1.82, 2.24) is 25.5 Å². The molecule has 20 heavy (non-hydrogen) atoms. The second-order valence-corrected chi connectivity index (χ2v) is 6.31. The number of nitrogens with one attached hydrogen (secondary N) is 1. The van der Waals surface area contributed by atoms with Crippen LogP contribution in [0.4, 0.5) is 0 Å². The van der Waals surface area contributed by atoms with Crippen LogP contribution in [0.15, 0.2) is 5.16 Å². The van der Waals surface area contributed by atoms with E-state index in [-0.39, 0.29) is 6.61 Å². The third-order valence-corrected chi connectivity index (χ3v) is 4.80. The van der Waals surface area contributed by atoms with Crippen LogP contribution in [0.1, 0.15) is 51.5 Å². The minimum atomic E-state index is 0.218. The number of rotatable bonds is 9. The van der Waals surface area contributed by atoms with Gasteiger partial charge in [-0.05, 0) is 42.7 Å². The van der Waals surface area contributed by atoms with E-state index in [1.165, 1.54) is 25.7 Å². The first-order valence-corrected chi connectivity index (χ1v) is 8.58. The van der Waals surface area contributed by atoms with Gasteiger partial charge in [-0.2, -0.15) is 0 Å². The summed E-state index contributed by atoms with van der Waals surface area (Å²) in [5.41, 5.74) is 0. The maximum atomic E-state index is 9.13. The van der Waals surface area contributed by atoms with E-state index in [1.807, 2.05) is 4.68 Å². The summed E-state index contributed by atoms with van der Waals surface area (Å²) >= 11 is 1.69. The second-order valence-electron chi connectivity index (χ2n) is 5.32. The minimum absolute atomic E-state index is 0.218. The molecular weight excluding hydrogens is 274 g/mol. The third-order valence-electron chi connectivity index (χ3n) is 3.71. The zero-order chi connectivity index (χ0) is 14.2. The maximum Gasteiger partial charge on any atom is 0.209 e. The number of hydrogen-bond acceptors (Lipinski definition) is 6. The van der Waals surface area contributed by atoms with Gasteiger partial charge in [0.2, 0.25) is 5.16 Å². The Balaban J connectivity index is 1.87. The number of thioether (sulfide) groups is 1. The first-order chi connectivity index (χ1) is 9.85. The van der Waals surface area contributed by atoms with Crippen molar-refractivity contribution >= 4 is 11.8 Å². The Morgan fingerprint density at radius 2 is 2.25 bits per heavy atom. The van der Waals surface area contributed by atoms with Gasteiger partial charge in [0.25, 0.3) is 0 Å². The molecule has 2 rings (SSSR count). The van der Waals surface area contributed by atoms with Crippen molar-refractivity contribution in [2.75, 3.05) is 18.9 Å². The van der Waals surface area contributed by atoms with Crippen LogP contribution in [-0.2, 0) is 0 Å². The van der Waals surface area contributed by atoms with Crippen molar-refractivity contribution < 1.29 is 5.11 Å². The number of nitrogens with zero attached hydrogens (tertiary/aromatic N) is 4. The summed E-state index contributed by atoms with van der Waals surface area (Å²) < 4.78 is 1.99. The zero-order valence-electron chi connectivity index (χ0n) is 12.2. The van der Waals surface area contributed by atoms with Gasteiger partial charge in [-0.25, -0.2) is 4.68 Å². The predicted octanol–water partition coefficient (Wildman–Crippen LogP) is 1.63. The molecule has 114 valence electrons. The Labute approximate surface area is 124 Å². The third kappa shape index (κ3) is 4.43. The molecule has 1 unspecified atom stereocenters. The molecule has 1 fully saturated rings. The largest absolute Gasteiger partial charge is 0.396 e. The lowest BCUT2D eigenvalue weighted by atomic mass is 10.2. The fourth-order valence-electron chi connectivity index (χ4n) is 2.58. The molecular formula is C13H25N5OS. The van der Waals surface area contributed by atoms with E-state index in [1.54, 1.807) is 11.8 Å². The van der Waals surface area contributed by atoms with Gasteiger partial charge in [-0.1, -0.05) is 31.5 Å². The van der Waals surface area contributed by atoms with Crippen molar-refractivity contribution in [2.45, 2.75) is 62.7 Å². The Kier molecular flexibility index (Phi) is 6.75. The summed E-state index contributed by atoms with van der Waals surface area (Å²) in [4.78, 5) is 0. The number of tetrazole rings is 1. The monoisotopic (exact) mass is 299 g/mol. The highest BCUT2D eigenvalue weighted by atomic mass is 32.2. The highest BCUT2D eigenvalue weighted by Gasteiger charge is 2.22. The normalized spacial score (nSPS) is 17.7. The van der Waals surface area contributed by atoms with E-state index in [2.05, 4.69) is 27.8 Å². The zero-order valence-corrected chi connectivity index (χ0v) is 13.0. The molecule has 6 nitrogen and oxygen atoms in total. The molecule has 1 aromatic heterocycles. The van der Waals surface area contributed by atoms with Gasteiger partial charge >= 0.3 is 0 Å². The van der Waals surface area contributed by atoms with E-state index in [9.17, 15) is 0 Å². The highest BCUT2D eigenvalue weighted by molar-refractivity contribution is 7.99. The average Bonchev–Trinajstić information content (AvgIpc) is 3.11. The summed E-state index contributed by atoms with van der Waals surface area (Å²) in [6.45, 7) is 3.35. The van der Waals surface area contributed by atoms with Crippen LogP contribution < -0.4 is 5.32 Å². The molecule has 0 saturated heterocycles. The molecule has 1 aliphatic rings. The fraction of sp³-hybridized carbons (Fsp3) is 0.923. The fourth-order valence-corrected chi connectivity index (χ4v) is 3.63. The van der Waals surface area contributed by atoms with Gasteiger partial charge in [-0.15, -0.1) is 5.10 Å². The summed E-state index contributed by atoms with van der Waals surface area (Å²) in [5.74, 6) is 0.896. The lowest BCUT2D eigenvalue weighted by Gasteiger charge is -2.17. The summed E-state index contributed by atoms with van der Waals surface area (Å²) in [6, 6.07) is 0.797. The number of aliphatic hydroxyl groups is 1. The van der Waals surface area contributed by atoms with Crippen LogP contribution in [-0.4, -0.2) is 50.3 Å². The Morgan fingerprint density at radius 3 is 2.95 bits per heavy atom. The summed E-state index contributed by atoms with van der Waals surface area (Å²) in [6.07, 6.45) is 6.81. The van der Waals surface area contributed by atoms with Crippen molar-refractivity contribution in [2.24, 2.45) is 0 Å². The van der Waals surface area contributed by atoms with E-state index in [0.717, 1.165) is 30.3 Å². The molecule has 0 bridgehead atoms. The van der Waals surface area contributed by atoms with Crippen molar-refractivity contribution in [3.63, 3.8) is 0 Å². The quantitative estimate of drug-likeness (QED) is 0.675. The van der Waals surface area contributed by atoms with Crippen LogP contribution in [0.25, 0.3) is 0 Å². The standard InChI is InChI=1S/C13H25N5OS/c1-2-8-14-11(7-9-19)10-20-13-15-16-17-18(13)12-5-3-4-6-12/h11-12,14,19H,2-10H2,1H3. The van der Waals surface area contributed by atoms with Crippen molar-refractivity contribution in [3.05, 3.63) is 0 Å². The lowest BCUT2D eigenvalue weighted by molar-refractivity contribution is 0.270. The van der Waals surface area contributed by atoms with Gasteiger partial charge in [0.05, 0.1) is 6.04 Å². The molecule has 0 aromatic carbocycles. The number of aromatic nitrogens is 4. The summed E-state index contributed by atoms with van der Waals surface area (Å²) in [5, 5.41) is 25.6. The smallest absolute Gasteiger partial charge is 0.209 e. The van der Waals surface area contributed by atoms with Crippen molar-refractivity contribution in [1.29, 1.82) is 0 Å². The Bertz CT molecular complexity index is 381. The summed E-state index contributed by atoms with van der Waals surface area (Å²) in [7, 11) is 0. The van der Waals surface area contributed by atoms with Crippen LogP contribution in [0.5, 0.6) is 0 Å². The van der Waals surface area contributed by atoms with Crippen LogP contribution in [0.2, 0.25) is 0 Å². The van der Waals surface area contributed by atoms with Crippen LogP contribution in [0, 0.1) is 0 Å². The van der Waals surface area contributed by atoms with Gasteiger partial charge in [0, 0.05) is 18.4 Å². The average molecular weight is 299 g/mol. The molecule has 7 heteroatoms. The number of aliphatic hydroxyl groups excluding tert-OH is 1. The topological polar surface area (TPSA) is 75.9 Å².